The van der Waals surface area contributed by atoms with Crippen molar-refractivity contribution in [2.75, 3.05) is 10.8 Å². The van der Waals surface area contributed by atoms with Crippen molar-refractivity contribution in [3.63, 3.8) is 0 Å². The van der Waals surface area contributed by atoms with Gasteiger partial charge in [0.15, 0.2) is 0 Å². The van der Waals surface area contributed by atoms with Crippen LogP contribution in [0.15, 0.2) is 65.6 Å². The zero-order valence-corrected chi connectivity index (χ0v) is 16.3. The molecule has 0 aliphatic rings. The molecule has 0 atom stereocenters. The van der Waals surface area contributed by atoms with Crippen molar-refractivity contribution in [2.45, 2.75) is 18.7 Å². The van der Waals surface area contributed by atoms with Crippen molar-refractivity contribution in [3.8, 4) is 5.75 Å². The van der Waals surface area contributed by atoms with Crippen LogP contribution in [-0.2, 0) is 10.0 Å². The Kier molecular flexibility index (Phi) is 5.29. The summed E-state index contributed by atoms with van der Waals surface area (Å²) >= 11 is 0. The van der Waals surface area contributed by atoms with Gasteiger partial charge in [0.1, 0.15) is 11.3 Å². The zero-order valence-electron chi connectivity index (χ0n) is 15.5. The van der Waals surface area contributed by atoms with E-state index < -0.39 is 21.7 Å². The molecular weight excluding hydrogens is 378 g/mol. The van der Waals surface area contributed by atoms with Gasteiger partial charge in [0.25, 0.3) is 10.0 Å². The van der Waals surface area contributed by atoms with Gasteiger partial charge in [-0.2, -0.15) is 0 Å². The third-order valence-corrected chi connectivity index (χ3v) is 6.13. The van der Waals surface area contributed by atoms with E-state index in [0.717, 1.165) is 10.8 Å². The lowest BCUT2D eigenvalue weighted by atomic mass is 10.1. The molecule has 7 heteroatoms. The van der Waals surface area contributed by atoms with Crippen LogP contribution in [0.4, 0.5) is 5.69 Å². The summed E-state index contributed by atoms with van der Waals surface area (Å²) in [5, 5.41) is 20.7. The van der Waals surface area contributed by atoms with Crippen LogP contribution in [0.25, 0.3) is 10.8 Å². The van der Waals surface area contributed by atoms with E-state index in [1.807, 2.05) is 38.1 Å². The van der Waals surface area contributed by atoms with E-state index in [9.17, 15) is 23.4 Å². The van der Waals surface area contributed by atoms with E-state index in [-0.39, 0.29) is 28.6 Å². The molecule has 0 bridgehead atoms. The lowest BCUT2D eigenvalue weighted by Crippen LogP contribution is -2.34. The van der Waals surface area contributed by atoms with Gasteiger partial charge in [0, 0.05) is 6.54 Å². The fourth-order valence-electron chi connectivity index (χ4n) is 2.98. The Balaban J connectivity index is 2.14. The molecule has 0 radical (unpaired) electrons. The monoisotopic (exact) mass is 399 g/mol. The summed E-state index contributed by atoms with van der Waals surface area (Å²) in [5.74, 6) is -1.74. The van der Waals surface area contributed by atoms with Crippen LogP contribution in [0.1, 0.15) is 24.2 Å². The molecule has 0 fully saturated rings. The first-order valence-corrected chi connectivity index (χ1v) is 10.2. The number of aromatic hydroxyl groups is 1. The third kappa shape index (κ3) is 3.80. The number of carboxylic acid groups (broad SMARTS) is 1. The van der Waals surface area contributed by atoms with E-state index in [2.05, 4.69) is 0 Å². The maximum atomic E-state index is 13.4. The van der Waals surface area contributed by atoms with Crippen LogP contribution in [0.3, 0.4) is 0 Å². The highest BCUT2D eigenvalue weighted by atomic mass is 32.2. The number of fused-ring (bicyclic) bond motifs is 1. The lowest BCUT2D eigenvalue weighted by molar-refractivity contribution is 0.0693. The average Bonchev–Trinajstić information content (AvgIpc) is 2.65. The van der Waals surface area contributed by atoms with E-state index >= 15 is 0 Å². The number of benzene rings is 3. The molecule has 0 saturated carbocycles. The standard InChI is InChI=1S/C21H21NO5S/c1-14(2)13-22(17-8-10-20(23)19(12-17)21(24)25)28(26,27)18-9-7-15-5-3-4-6-16(15)11-18/h3-12,14,23H,13H2,1-2H3,(H,24,25). The van der Waals surface area contributed by atoms with Gasteiger partial charge >= 0.3 is 5.97 Å². The summed E-state index contributed by atoms with van der Waals surface area (Å²) in [5.41, 5.74) is -0.156. The van der Waals surface area contributed by atoms with Crippen LogP contribution in [0.2, 0.25) is 0 Å². The Morgan fingerprint density at radius 2 is 1.68 bits per heavy atom. The molecule has 146 valence electrons. The van der Waals surface area contributed by atoms with Crippen LogP contribution < -0.4 is 4.31 Å². The second-order valence-electron chi connectivity index (χ2n) is 6.95. The minimum atomic E-state index is -3.94. The van der Waals surface area contributed by atoms with E-state index in [1.165, 1.54) is 22.5 Å². The first-order chi connectivity index (χ1) is 13.2. The Morgan fingerprint density at radius 3 is 2.32 bits per heavy atom. The molecule has 0 amide bonds. The van der Waals surface area contributed by atoms with E-state index in [1.54, 1.807) is 18.2 Å². The fourth-order valence-corrected chi connectivity index (χ4v) is 4.64. The Labute approximate surface area is 163 Å². The fraction of sp³-hybridized carbons (Fsp3) is 0.190. The molecule has 0 saturated heterocycles. The molecule has 0 aliphatic carbocycles. The van der Waals surface area contributed by atoms with E-state index in [4.69, 9.17) is 0 Å². The molecule has 3 aromatic rings. The van der Waals surface area contributed by atoms with Gasteiger partial charge in [-0.25, -0.2) is 13.2 Å². The minimum Gasteiger partial charge on any atom is -0.507 e. The molecule has 0 aliphatic heterocycles. The smallest absolute Gasteiger partial charge is 0.339 e. The van der Waals surface area contributed by atoms with Crippen LogP contribution in [0, 0.1) is 5.92 Å². The molecule has 3 rings (SSSR count). The second-order valence-corrected chi connectivity index (χ2v) is 8.81. The van der Waals surface area contributed by atoms with Crippen molar-refractivity contribution in [1.29, 1.82) is 0 Å². The first-order valence-electron chi connectivity index (χ1n) is 8.78. The number of sulfonamides is 1. The second kappa shape index (κ2) is 7.52. The minimum absolute atomic E-state index is 0.00249. The maximum Gasteiger partial charge on any atom is 0.339 e. The summed E-state index contributed by atoms with van der Waals surface area (Å²) in [6.07, 6.45) is 0. The van der Waals surface area contributed by atoms with Gasteiger partial charge in [-0.15, -0.1) is 0 Å². The van der Waals surface area contributed by atoms with E-state index in [0.29, 0.717) is 0 Å². The number of phenols is 1. The van der Waals surface area contributed by atoms with Crippen molar-refractivity contribution in [3.05, 3.63) is 66.2 Å². The number of hydrogen-bond acceptors (Lipinski definition) is 4. The normalized spacial score (nSPS) is 11.7. The summed E-state index contributed by atoms with van der Waals surface area (Å²) in [6, 6.07) is 16.1. The third-order valence-electron chi connectivity index (χ3n) is 4.34. The molecule has 6 nitrogen and oxygen atoms in total. The first kappa shape index (κ1) is 19.7. The predicted octanol–water partition coefficient (Wildman–Crippen LogP) is 4.09. The van der Waals surface area contributed by atoms with Crippen molar-refractivity contribution < 1.29 is 23.4 Å². The number of carboxylic acids is 1. The number of carbonyl (C=O) groups is 1. The van der Waals surface area contributed by atoms with Crippen molar-refractivity contribution in [1.82, 2.24) is 0 Å². The van der Waals surface area contributed by atoms with Gasteiger partial charge in [-0.05, 0) is 47.0 Å². The molecule has 3 aromatic carbocycles. The highest BCUT2D eigenvalue weighted by Gasteiger charge is 2.27. The zero-order chi connectivity index (χ0) is 20.5. The van der Waals surface area contributed by atoms with Gasteiger partial charge in [0.05, 0.1) is 10.6 Å². The van der Waals surface area contributed by atoms with Crippen LogP contribution in [-0.4, -0.2) is 31.1 Å². The predicted molar refractivity (Wildman–Crippen MR) is 108 cm³/mol. The number of nitrogens with zero attached hydrogens (tertiary/aromatic N) is 1. The van der Waals surface area contributed by atoms with Crippen LogP contribution >= 0.6 is 0 Å². The number of rotatable bonds is 6. The topological polar surface area (TPSA) is 94.9 Å². The highest BCUT2D eigenvalue weighted by Crippen LogP contribution is 2.30. The molecule has 0 unspecified atom stereocenters. The Morgan fingerprint density at radius 1 is 1.00 bits per heavy atom. The van der Waals surface area contributed by atoms with Gasteiger partial charge in [0.2, 0.25) is 0 Å². The Hall–Kier alpha value is -3.06. The van der Waals surface area contributed by atoms with Gasteiger partial charge in [-0.1, -0.05) is 44.2 Å². The summed E-state index contributed by atoms with van der Waals surface area (Å²) in [7, 11) is -3.94. The van der Waals surface area contributed by atoms with Gasteiger partial charge < -0.3 is 10.2 Å². The molecule has 0 spiro atoms. The van der Waals surface area contributed by atoms with Crippen LogP contribution in [0.5, 0.6) is 5.75 Å². The molecule has 0 aromatic heterocycles. The average molecular weight is 399 g/mol. The largest absolute Gasteiger partial charge is 0.507 e. The lowest BCUT2D eigenvalue weighted by Gasteiger charge is -2.27. The number of aromatic carboxylic acids is 1. The summed E-state index contributed by atoms with van der Waals surface area (Å²) < 4.78 is 28.0. The maximum absolute atomic E-state index is 13.4. The highest BCUT2D eigenvalue weighted by molar-refractivity contribution is 7.92. The van der Waals surface area contributed by atoms with Crippen molar-refractivity contribution >= 4 is 32.5 Å². The Bertz CT molecular complexity index is 1140. The molecule has 28 heavy (non-hydrogen) atoms. The van der Waals surface area contributed by atoms with Crippen molar-refractivity contribution in [2.24, 2.45) is 5.92 Å². The summed E-state index contributed by atoms with van der Waals surface area (Å²) in [4.78, 5) is 11.5. The quantitative estimate of drug-likeness (QED) is 0.651. The van der Waals surface area contributed by atoms with Gasteiger partial charge in [-0.3, -0.25) is 4.31 Å². The SMILES string of the molecule is CC(C)CN(c1ccc(O)c(C(=O)O)c1)S(=O)(=O)c1ccc2ccccc2c1. The number of hydrogen-bond donors (Lipinski definition) is 2. The summed E-state index contributed by atoms with van der Waals surface area (Å²) in [6.45, 7) is 3.92. The molecular formula is C21H21NO5S. The number of anilines is 1. The molecule has 2 N–H and O–H groups in total. The molecule has 0 heterocycles.